The summed E-state index contributed by atoms with van der Waals surface area (Å²) in [4.78, 5) is 15.9. The number of aryl methyl sites for hydroxylation is 1. The van der Waals surface area contributed by atoms with Crippen molar-refractivity contribution < 1.29 is 4.79 Å². The highest BCUT2D eigenvalue weighted by Gasteiger charge is 2.26. The Kier molecular flexibility index (Phi) is 2.55. The number of rotatable bonds is 2. The Morgan fingerprint density at radius 3 is 2.62 bits per heavy atom. The Hall–Kier alpha value is -1.12. The fourth-order valence-corrected chi connectivity index (χ4v) is 1.11. The summed E-state index contributed by atoms with van der Waals surface area (Å²) in [5.74, 6) is 0.661. The number of nitrogens with zero attached hydrogens (tertiary/aromatic N) is 2. The number of aromatic nitrogens is 2. The first kappa shape index (κ1) is 9.96. The molecular formula is C10H16N2O. The Labute approximate surface area is 78.8 Å². The summed E-state index contributed by atoms with van der Waals surface area (Å²) < 4.78 is 1.87. The smallest absolute Gasteiger partial charge is 0.203 e. The molecule has 0 N–H and O–H groups in total. The second kappa shape index (κ2) is 3.32. The molecule has 3 heteroatoms. The Morgan fingerprint density at radius 2 is 2.15 bits per heavy atom. The number of carbonyl (C=O) groups excluding carboxylic acids is 1. The maximum Gasteiger partial charge on any atom is 0.203 e. The van der Waals surface area contributed by atoms with E-state index in [1.807, 2.05) is 38.5 Å². The van der Waals surface area contributed by atoms with Crippen LogP contribution >= 0.6 is 0 Å². The van der Waals surface area contributed by atoms with Crippen molar-refractivity contribution in [3.05, 3.63) is 18.2 Å². The topological polar surface area (TPSA) is 34.9 Å². The molecule has 0 fully saturated rings. The molecule has 0 amide bonds. The van der Waals surface area contributed by atoms with Gasteiger partial charge in [-0.25, -0.2) is 4.98 Å². The lowest BCUT2D eigenvalue weighted by molar-refractivity contribution is 0.0842. The lowest BCUT2D eigenvalue weighted by atomic mass is 9.90. The standard InChI is InChI=1S/C10H16N2O/c1-5-12-7-6-11-9(12)8(13)10(2,3)4/h6-7H,5H2,1-4H3. The van der Waals surface area contributed by atoms with Crippen molar-refractivity contribution in [2.45, 2.75) is 34.2 Å². The van der Waals surface area contributed by atoms with E-state index in [1.54, 1.807) is 6.20 Å². The van der Waals surface area contributed by atoms with Crippen molar-refractivity contribution in [3.8, 4) is 0 Å². The van der Waals surface area contributed by atoms with Gasteiger partial charge in [-0.1, -0.05) is 20.8 Å². The average molecular weight is 180 g/mol. The molecule has 0 aliphatic rings. The quantitative estimate of drug-likeness (QED) is 0.653. The SMILES string of the molecule is CCn1ccnc1C(=O)C(C)(C)C. The predicted molar refractivity (Wildman–Crippen MR) is 51.7 cm³/mol. The monoisotopic (exact) mass is 180 g/mol. The zero-order valence-corrected chi connectivity index (χ0v) is 8.66. The number of carbonyl (C=O) groups is 1. The van der Waals surface area contributed by atoms with Gasteiger partial charge in [-0.2, -0.15) is 0 Å². The molecule has 0 unspecified atom stereocenters. The van der Waals surface area contributed by atoms with Gasteiger partial charge < -0.3 is 4.57 Å². The minimum absolute atomic E-state index is 0.0966. The zero-order chi connectivity index (χ0) is 10.1. The number of ketones is 1. The van der Waals surface area contributed by atoms with Crippen LogP contribution in [-0.4, -0.2) is 15.3 Å². The molecule has 0 saturated heterocycles. The van der Waals surface area contributed by atoms with Crippen LogP contribution in [-0.2, 0) is 6.54 Å². The molecule has 0 spiro atoms. The molecule has 1 aromatic heterocycles. The molecule has 0 aromatic carbocycles. The molecule has 72 valence electrons. The second-order valence-corrected chi connectivity index (χ2v) is 4.12. The Morgan fingerprint density at radius 1 is 1.54 bits per heavy atom. The van der Waals surface area contributed by atoms with Gasteiger partial charge in [0, 0.05) is 24.4 Å². The van der Waals surface area contributed by atoms with E-state index < -0.39 is 0 Å². The van der Waals surface area contributed by atoms with Crippen molar-refractivity contribution in [3.63, 3.8) is 0 Å². The highest BCUT2D eigenvalue weighted by atomic mass is 16.1. The van der Waals surface area contributed by atoms with Gasteiger partial charge in [0.2, 0.25) is 5.78 Å². The van der Waals surface area contributed by atoms with Crippen molar-refractivity contribution in [1.29, 1.82) is 0 Å². The Bertz CT molecular complexity index is 307. The molecule has 3 nitrogen and oxygen atoms in total. The van der Waals surface area contributed by atoms with Crippen LogP contribution in [0.15, 0.2) is 12.4 Å². The van der Waals surface area contributed by atoms with Crippen LogP contribution in [0.3, 0.4) is 0 Å². The summed E-state index contributed by atoms with van der Waals surface area (Å²) in [6.07, 6.45) is 3.50. The summed E-state index contributed by atoms with van der Waals surface area (Å²) in [6, 6.07) is 0. The van der Waals surface area contributed by atoms with E-state index in [-0.39, 0.29) is 11.2 Å². The summed E-state index contributed by atoms with van der Waals surface area (Å²) in [5.41, 5.74) is -0.349. The van der Waals surface area contributed by atoms with Gasteiger partial charge in [0.05, 0.1) is 0 Å². The van der Waals surface area contributed by atoms with E-state index >= 15 is 0 Å². The van der Waals surface area contributed by atoms with Crippen LogP contribution in [0.25, 0.3) is 0 Å². The maximum absolute atomic E-state index is 11.8. The number of hydrogen-bond acceptors (Lipinski definition) is 2. The van der Waals surface area contributed by atoms with Gasteiger partial charge in [-0.3, -0.25) is 4.79 Å². The van der Waals surface area contributed by atoms with Gasteiger partial charge in [-0.05, 0) is 6.92 Å². The number of imidazole rings is 1. The lowest BCUT2D eigenvalue weighted by Gasteiger charge is -2.16. The first-order chi connectivity index (χ1) is 5.96. The molecule has 1 aromatic rings. The van der Waals surface area contributed by atoms with Crippen LogP contribution in [0, 0.1) is 5.41 Å². The maximum atomic E-state index is 11.8. The van der Waals surface area contributed by atoms with Crippen molar-refractivity contribution in [2.24, 2.45) is 5.41 Å². The van der Waals surface area contributed by atoms with E-state index in [4.69, 9.17) is 0 Å². The molecule has 0 saturated carbocycles. The second-order valence-electron chi connectivity index (χ2n) is 4.12. The van der Waals surface area contributed by atoms with E-state index in [1.165, 1.54) is 0 Å². The Balaban J connectivity index is 3.02. The third-order valence-corrected chi connectivity index (χ3v) is 1.94. The average Bonchev–Trinajstić information content (AvgIpc) is 2.48. The fourth-order valence-electron chi connectivity index (χ4n) is 1.11. The van der Waals surface area contributed by atoms with Crippen molar-refractivity contribution >= 4 is 5.78 Å². The van der Waals surface area contributed by atoms with Gasteiger partial charge in [0.15, 0.2) is 5.82 Å². The summed E-state index contributed by atoms with van der Waals surface area (Å²) in [5, 5.41) is 0. The van der Waals surface area contributed by atoms with Crippen molar-refractivity contribution in [2.75, 3.05) is 0 Å². The first-order valence-electron chi connectivity index (χ1n) is 4.52. The third kappa shape index (κ3) is 1.97. The third-order valence-electron chi connectivity index (χ3n) is 1.94. The molecular weight excluding hydrogens is 164 g/mol. The minimum atomic E-state index is -0.349. The lowest BCUT2D eigenvalue weighted by Crippen LogP contribution is -2.23. The molecule has 0 aliphatic carbocycles. The molecule has 0 bridgehead atoms. The number of hydrogen-bond donors (Lipinski definition) is 0. The molecule has 1 rings (SSSR count). The van der Waals surface area contributed by atoms with Gasteiger partial charge >= 0.3 is 0 Å². The summed E-state index contributed by atoms with van der Waals surface area (Å²) in [6.45, 7) is 8.51. The molecule has 0 atom stereocenters. The zero-order valence-electron chi connectivity index (χ0n) is 8.66. The predicted octanol–water partition coefficient (Wildman–Crippen LogP) is 2.13. The van der Waals surface area contributed by atoms with Crippen molar-refractivity contribution in [1.82, 2.24) is 9.55 Å². The van der Waals surface area contributed by atoms with E-state index in [0.29, 0.717) is 5.82 Å². The molecule has 0 aliphatic heterocycles. The van der Waals surface area contributed by atoms with Crippen LogP contribution in [0.1, 0.15) is 38.3 Å². The normalized spacial score (nSPS) is 11.7. The highest BCUT2D eigenvalue weighted by molar-refractivity contribution is 5.96. The van der Waals surface area contributed by atoms with Gasteiger partial charge in [0.1, 0.15) is 0 Å². The van der Waals surface area contributed by atoms with Gasteiger partial charge in [-0.15, -0.1) is 0 Å². The van der Waals surface area contributed by atoms with Crippen LogP contribution in [0.2, 0.25) is 0 Å². The largest absolute Gasteiger partial charge is 0.329 e. The van der Waals surface area contributed by atoms with E-state index in [0.717, 1.165) is 6.54 Å². The summed E-state index contributed by atoms with van der Waals surface area (Å²) >= 11 is 0. The van der Waals surface area contributed by atoms with Gasteiger partial charge in [0.25, 0.3) is 0 Å². The van der Waals surface area contributed by atoms with E-state index in [9.17, 15) is 4.79 Å². The van der Waals surface area contributed by atoms with Crippen LogP contribution < -0.4 is 0 Å². The summed E-state index contributed by atoms with van der Waals surface area (Å²) in [7, 11) is 0. The molecule has 0 radical (unpaired) electrons. The van der Waals surface area contributed by atoms with Crippen LogP contribution in [0.5, 0.6) is 0 Å². The fraction of sp³-hybridized carbons (Fsp3) is 0.600. The van der Waals surface area contributed by atoms with Crippen LogP contribution in [0.4, 0.5) is 0 Å². The van der Waals surface area contributed by atoms with E-state index in [2.05, 4.69) is 4.98 Å². The first-order valence-corrected chi connectivity index (χ1v) is 4.52. The minimum Gasteiger partial charge on any atom is -0.329 e. The highest BCUT2D eigenvalue weighted by Crippen LogP contribution is 2.19. The molecule has 1 heterocycles. The molecule has 13 heavy (non-hydrogen) atoms. The number of Topliss-reactive ketones (excluding diaryl/α,β-unsaturated/α-hetero) is 1.